The third-order valence-electron chi connectivity index (χ3n) is 10.9. The van der Waals surface area contributed by atoms with E-state index in [1.807, 2.05) is 44.7 Å². The van der Waals surface area contributed by atoms with Crippen molar-refractivity contribution in [3.8, 4) is 0 Å². The number of nitrogens with zero attached hydrogens (tertiary/aromatic N) is 2. The van der Waals surface area contributed by atoms with E-state index in [0.717, 1.165) is 13.3 Å². The van der Waals surface area contributed by atoms with Crippen LogP contribution in [0, 0.1) is 11.8 Å². The van der Waals surface area contributed by atoms with E-state index >= 15 is 4.39 Å². The van der Waals surface area contributed by atoms with Gasteiger partial charge in [0.25, 0.3) is 5.67 Å². The molecule has 13 atom stereocenters. The number of ether oxygens (including phenoxy) is 4. The normalized spacial score (nSPS) is 41.9. The number of aliphatic hydroxyl groups is 3. The zero-order chi connectivity index (χ0) is 38.2. The Morgan fingerprint density at radius 2 is 1.76 bits per heavy atom. The highest BCUT2D eigenvalue weighted by atomic mass is 19.1. The van der Waals surface area contributed by atoms with Gasteiger partial charge in [-0.2, -0.15) is 0 Å². The molecule has 0 radical (unpaired) electrons. The van der Waals surface area contributed by atoms with Gasteiger partial charge in [-0.25, -0.2) is 9.18 Å². The maximum Gasteiger partial charge on any atom is 0.351 e. The Morgan fingerprint density at radius 3 is 2.34 bits per heavy atom. The fraction of sp³-hybridized carbons (Fsp3) is 0.944. The molecule has 50 heavy (non-hydrogen) atoms. The van der Waals surface area contributed by atoms with Gasteiger partial charge in [0.15, 0.2) is 12.1 Å². The van der Waals surface area contributed by atoms with Crippen molar-refractivity contribution >= 4 is 11.8 Å². The van der Waals surface area contributed by atoms with Crippen LogP contribution in [0.5, 0.6) is 0 Å². The van der Waals surface area contributed by atoms with E-state index in [1.165, 1.54) is 13.8 Å². The van der Waals surface area contributed by atoms with E-state index < -0.39 is 71.3 Å². The lowest BCUT2D eigenvalue weighted by atomic mass is 9.77. The van der Waals surface area contributed by atoms with Gasteiger partial charge in [0.2, 0.25) is 0 Å². The summed E-state index contributed by atoms with van der Waals surface area (Å²) in [6, 6.07) is -0.907. The lowest BCUT2D eigenvalue weighted by Gasteiger charge is -2.47. The van der Waals surface area contributed by atoms with Gasteiger partial charge in [-0.15, -0.1) is 0 Å². The summed E-state index contributed by atoms with van der Waals surface area (Å²) in [5.74, 6) is -4.01. The standard InChI is InChI=1S/C36H69FN4O9/c1-12-27-36(9,46)30(44)25(6)41(11)21-22(3)20-34(7,47-18-17-39-16-14-15-38)31(24(5)29(43)35(8,37)33(45)49-27)50-32-28(42)26(40(10)13-2)19-23(4)48-32/h22-28,30-32,39,42,44,46H,12-21,38H2,1-11H3/t22-,23-,24+,25-,26+,27-,28-,30-,31-,32+,34-,35+,36-/m1/s1. The van der Waals surface area contributed by atoms with Crippen molar-refractivity contribution in [2.45, 2.75) is 154 Å². The molecule has 2 aliphatic rings. The zero-order valence-corrected chi connectivity index (χ0v) is 32.5. The van der Waals surface area contributed by atoms with E-state index in [0.29, 0.717) is 45.6 Å². The quantitative estimate of drug-likeness (QED) is 0.112. The highest BCUT2D eigenvalue weighted by molar-refractivity contribution is 6.07. The average Bonchev–Trinajstić information content (AvgIpc) is 3.06. The van der Waals surface area contributed by atoms with Gasteiger partial charge in [0.1, 0.15) is 23.9 Å². The number of cyclic esters (lactones) is 1. The minimum absolute atomic E-state index is 0.0574. The molecule has 2 aliphatic heterocycles. The van der Waals surface area contributed by atoms with Crippen molar-refractivity contribution in [1.82, 2.24) is 15.1 Å². The number of esters is 1. The number of aliphatic hydroxyl groups excluding tert-OH is 2. The fourth-order valence-electron chi connectivity index (χ4n) is 7.57. The molecule has 0 spiro atoms. The molecule has 0 amide bonds. The Kier molecular flexibility index (Phi) is 17.2. The summed E-state index contributed by atoms with van der Waals surface area (Å²) in [5, 5.41) is 37.7. The Morgan fingerprint density at radius 1 is 1.12 bits per heavy atom. The maximum atomic E-state index is 16.6. The lowest BCUT2D eigenvalue weighted by molar-refractivity contribution is -0.298. The number of hydrogen-bond donors (Lipinski definition) is 5. The largest absolute Gasteiger partial charge is 0.457 e. The topological polar surface area (TPSA) is 176 Å². The lowest BCUT2D eigenvalue weighted by Crippen LogP contribution is -2.61. The summed E-state index contributed by atoms with van der Waals surface area (Å²) < 4.78 is 41.6. The van der Waals surface area contributed by atoms with Gasteiger partial charge in [0.05, 0.1) is 24.4 Å². The predicted molar refractivity (Wildman–Crippen MR) is 189 cm³/mol. The number of alkyl halides is 1. The molecule has 14 heteroatoms. The van der Waals surface area contributed by atoms with Crippen molar-refractivity contribution in [2.75, 3.05) is 53.4 Å². The minimum atomic E-state index is -3.15. The molecule has 0 aromatic rings. The fourth-order valence-corrected chi connectivity index (χ4v) is 7.57. The van der Waals surface area contributed by atoms with Gasteiger partial charge < -0.3 is 55.1 Å². The number of ketones is 1. The van der Waals surface area contributed by atoms with Crippen LogP contribution in [-0.4, -0.2) is 156 Å². The SMILES string of the molecule is CC[C@H]1OC(=O)[C@@](C)(F)C(=O)[C@H](C)[C@@H](O[C@@H]2O[C@H](C)C[C@H](N(C)CC)[C@H]2O)[C@](C)(OCCNCCCN)C[C@@H](C)CN(C)[C@H](C)[C@@H](O)[C@]1(C)O. The molecule has 0 saturated carbocycles. The van der Waals surface area contributed by atoms with Crippen LogP contribution in [0.3, 0.4) is 0 Å². The molecule has 0 aromatic carbocycles. The van der Waals surface area contributed by atoms with Crippen LogP contribution in [0.1, 0.15) is 88.0 Å². The van der Waals surface area contributed by atoms with Crippen LogP contribution in [-0.2, 0) is 28.5 Å². The van der Waals surface area contributed by atoms with Crippen LogP contribution in [0.25, 0.3) is 0 Å². The Bertz CT molecular complexity index is 1070. The van der Waals surface area contributed by atoms with E-state index in [1.54, 1.807) is 20.8 Å². The van der Waals surface area contributed by atoms with E-state index in [2.05, 4.69) is 5.32 Å². The highest BCUT2D eigenvalue weighted by Gasteiger charge is 2.55. The van der Waals surface area contributed by atoms with Crippen LogP contribution in [0.15, 0.2) is 0 Å². The molecule has 2 saturated heterocycles. The van der Waals surface area contributed by atoms with Crippen molar-refractivity contribution in [3.05, 3.63) is 0 Å². The Balaban J connectivity index is 2.70. The monoisotopic (exact) mass is 721 g/mol. The van der Waals surface area contributed by atoms with Crippen LogP contribution in [0.4, 0.5) is 4.39 Å². The first-order valence-corrected chi connectivity index (χ1v) is 18.5. The Labute approximate surface area is 299 Å². The van der Waals surface area contributed by atoms with Crippen LogP contribution in [0.2, 0.25) is 0 Å². The second-order valence-electron chi connectivity index (χ2n) is 15.4. The van der Waals surface area contributed by atoms with Crippen LogP contribution >= 0.6 is 0 Å². The zero-order valence-electron chi connectivity index (χ0n) is 32.5. The van der Waals surface area contributed by atoms with E-state index in [-0.39, 0.29) is 31.1 Å². The number of carbonyl (C=O) groups excluding carboxylic acids is 2. The molecular weight excluding hydrogens is 651 g/mol. The molecule has 0 bridgehead atoms. The first kappa shape index (κ1) is 44.8. The third-order valence-corrected chi connectivity index (χ3v) is 10.9. The van der Waals surface area contributed by atoms with Crippen molar-refractivity contribution in [2.24, 2.45) is 17.6 Å². The van der Waals surface area contributed by atoms with Crippen molar-refractivity contribution in [1.29, 1.82) is 0 Å². The minimum Gasteiger partial charge on any atom is -0.457 e. The predicted octanol–water partition coefficient (Wildman–Crippen LogP) is 1.63. The smallest absolute Gasteiger partial charge is 0.351 e. The number of Topliss-reactive ketones (excluding diaryl/α,β-unsaturated/α-hetero) is 1. The van der Waals surface area contributed by atoms with Gasteiger partial charge in [0, 0.05) is 31.1 Å². The van der Waals surface area contributed by atoms with E-state index in [4.69, 9.17) is 24.7 Å². The summed E-state index contributed by atoms with van der Waals surface area (Å²) in [4.78, 5) is 31.6. The third kappa shape index (κ3) is 10.9. The first-order chi connectivity index (χ1) is 23.2. The molecule has 2 rings (SSSR count). The summed E-state index contributed by atoms with van der Waals surface area (Å²) >= 11 is 0. The number of halogens is 1. The molecule has 13 nitrogen and oxygen atoms in total. The number of rotatable bonds is 12. The van der Waals surface area contributed by atoms with E-state index in [9.17, 15) is 24.9 Å². The Hall–Kier alpha value is -1.33. The summed E-state index contributed by atoms with van der Waals surface area (Å²) in [5.41, 5.74) is -0.733. The molecule has 2 heterocycles. The molecule has 294 valence electrons. The summed E-state index contributed by atoms with van der Waals surface area (Å²) in [6.07, 6.45) is -4.77. The molecule has 0 aliphatic carbocycles. The highest BCUT2D eigenvalue weighted by Crippen LogP contribution is 2.38. The van der Waals surface area contributed by atoms with Gasteiger partial charge >= 0.3 is 5.97 Å². The summed E-state index contributed by atoms with van der Waals surface area (Å²) in [7, 11) is 3.73. The van der Waals surface area contributed by atoms with Gasteiger partial charge in [-0.3, -0.25) is 4.79 Å². The molecule has 6 N–H and O–H groups in total. The first-order valence-electron chi connectivity index (χ1n) is 18.5. The second-order valence-corrected chi connectivity index (χ2v) is 15.4. The summed E-state index contributed by atoms with van der Waals surface area (Å²) in [6.45, 7) is 17.7. The van der Waals surface area contributed by atoms with Crippen molar-refractivity contribution < 1.29 is 48.2 Å². The van der Waals surface area contributed by atoms with Gasteiger partial charge in [-0.05, 0) is 99.9 Å². The molecule has 0 unspecified atom stereocenters. The maximum absolute atomic E-state index is 16.6. The number of hydrogen-bond acceptors (Lipinski definition) is 13. The number of likely N-dealkylation sites (N-methyl/N-ethyl adjacent to an activating group) is 2. The number of nitrogens with one attached hydrogen (secondary N) is 1. The molecule has 2 fully saturated rings. The average molecular weight is 721 g/mol. The molecular formula is C36H69FN4O9. The van der Waals surface area contributed by atoms with Gasteiger partial charge in [-0.1, -0.05) is 27.7 Å². The van der Waals surface area contributed by atoms with Crippen molar-refractivity contribution in [3.63, 3.8) is 0 Å². The molecule has 0 aromatic heterocycles. The van der Waals surface area contributed by atoms with Crippen LogP contribution < -0.4 is 11.1 Å². The number of nitrogens with two attached hydrogens (primary N) is 1. The number of carbonyl (C=O) groups is 2. The second kappa shape index (κ2) is 19.1.